The van der Waals surface area contributed by atoms with Crippen molar-refractivity contribution >= 4 is 38.5 Å². The third-order valence-corrected chi connectivity index (χ3v) is 14.8. The van der Waals surface area contributed by atoms with Gasteiger partial charge in [0.2, 0.25) is 0 Å². The van der Waals surface area contributed by atoms with Crippen LogP contribution in [-0.2, 0) is 5.41 Å². The van der Waals surface area contributed by atoms with Crippen molar-refractivity contribution in [3.8, 4) is 67.1 Å². The highest BCUT2D eigenvalue weighted by atomic mass is 32.1. The highest BCUT2D eigenvalue weighted by molar-refractivity contribution is 7.19. The summed E-state index contributed by atoms with van der Waals surface area (Å²) in [6.45, 7) is 0. The maximum atomic E-state index is 7.00. The molecule has 1 aromatic heterocycles. The van der Waals surface area contributed by atoms with E-state index in [0.717, 1.165) is 33.9 Å². The molecule has 66 heavy (non-hydrogen) atoms. The Kier molecular flexibility index (Phi) is 8.97. The normalized spacial score (nSPS) is 12.8. The van der Waals surface area contributed by atoms with E-state index in [0.29, 0.717) is 0 Å². The molecule has 0 radical (unpaired) electrons. The summed E-state index contributed by atoms with van der Waals surface area (Å²) in [6.07, 6.45) is 0. The van der Waals surface area contributed by atoms with Gasteiger partial charge >= 0.3 is 0 Å². The van der Waals surface area contributed by atoms with Gasteiger partial charge < -0.3 is 9.64 Å². The van der Waals surface area contributed by atoms with Crippen molar-refractivity contribution in [2.24, 2.45) is 0 Å². The molecule has 2 nitrogen and oxygen atoms in total. The Morgan fingerprint density at radius 3 is 1.29 bits per heavy atom. The van der Waals surface area contributed by atoms with Gasteiger partial charge in [-0.1, -0.05) is 188 Å². The summed E-state index contributed by atoms with van der Waals surface area (Å²) >= 11 is 1.86. The molecule has 13 rings (SSSR count). The fraction of sp³-hybridized carbons (Fsp3) is 0.0159. The van der Waals surface area contributed by atoms with E-state index in [-0.39, 0.29) is 0 Å². The second kappa shape index (κ2) is 15.5. The molecule has 2 aliphatic rings. The van der Waals surface area contributed by atoms with Gasteiger partial charge in [-0.05, 0) is 127 Å². The lowest BCUT2D eigenvalue weighted by molar-refractivity contribution is 0.447. The minimum Gasteiger partial charge on any atom is -0.455 e. The molecule has 0 N–H and O–H groups in total. The number of hydrogen-bond acceptors (Lipinski definition) is 3. The summed E-state index contributed by atoms with van der Waals surface area (Å²) in [6, 6.07) is 90.3. The van der Waals surface area contributed by atoms with Crippen LogP contribution in [0.15, 0.2) is 249 Å². The minimum absolute atomic E-state index is 0.498. The van der Waals surface area contributed by atoms with Gasteiger partial charge in [0, 0.05) is 32.7 Å². The van der Waals surface area contributed by atoms with Crippen molar-refractivity contribution < 1.29 is 4.74 Å². The van der Waals surface area contributed by atoms with Gasteiger partial charge in [0.05, 0.1) is 10.3 Å². The monoisotopic (exact) mass is 859 g/mol. The zero-order chi connectivity index (χ0) is 43.6. The van der Waals surface area contributed by atoms with Gasteiger partial charge in [-0.2, -0.15) is 0 Å². The summed E-state index contributed by atoms with van der Waals surface area (Å²) in [5, 5.41) is 1.12. The lowest BCUT2D eigenvalue weighted by Gasteiger charge is -2.37. The number of ether oxygens (including phenoxy) is 1. The number of anilines is 3. The Balaban J connectivity index is 0.946. The first-order valence-corrected chi connectivity index (χ1v) is 23.4. The number of fused-ring (bicyclic) bond motifs is 11. The van der Waals surface area contributed by atoms with Crippen LogP contribution in [0.1, 0.15) is 21.6 Å². The lowest BCUT2D eigenvalue weighted by atomic mass is 9.69. The van der Waals surface area contributed by atoms with Crippen LogP contribution in [0.3, 0.4) is 0 Å². The smallest absolute Gasteiger partial charge is 0.150 e. The quantitative estimate of drug-likeness (QED) is 0.158. The second-order valence-electron chi connectivity index (χ2n) is 17.2. The van der Waals surface area contributed by atoms with Crippen molar-refractivity contribution in [2.75, 3.05) is 4.90 Å². The van der Waals surface area contributed by atoms with Gasteiger partial charge in [0.15, 0.2) is 5.75 Å². The van der Waals surface area contributed by atoms with Crippen molar-refractivity contribution in [3.63, 3.8) is 0 Å². The van der Waals surface area contributed by atoms with Gasteiger partial charge in [-0.25, -0.2) is 0 Å². The molecule has 2 heterocycles. The van der Waals surface area contributed by atoms with Crippen LogP contribution in [0.2, 0.25) is 0 Å². The standard InChI is InChI=1S/C63H41NOS/c1-3-15-42(16-4-1)46-19-13-21-48(39-46)44-29-33-50(34-30-44)64(51-35-31-45(32-36-51)49-22-14-20-47(40-49)43-17-5-2-6-18-43)52-37-38-55-60(41-52)66-62-61(55)65-59-28-12-11-27-58(59)63(62)56-25-9-7-23-53(56)54-24-8-10-26-57(54)63/h1-41H. The molecule has 0 saturated carbocycles. The molecule has 0 amide bonds. The largest absolute Gasteiger partial charge is 0.455 e. The van der Waals surface area contributed by atoms with Crippen LogP contribution < -0.4 is 9.64 Å². The minimum atomic E-state index is -0.498. The van der Waals surface area contributed by atoms with Gasteiger partial charge in [0.1, 0.15) is 5.75 Å². The fourth-order valence-electron chi connectivity index (χ4n) is 10.5. The molecule has 0 fully saturated rings. The fourth-order valence-corrected chi connectivity index (χ4v) is 11.9. The van der Waals surface area contributed by atoms with Crippen LogP contribution in [-0.4, -0.2) is 0 Å². The van der Waals surface area contributed by atoms with Gasteiger partial charge in [0.25, 0.3) is 0 Å². The zero-order valence-corrected chi connectivity index (χ0v) is 36.8. The summed E-state index contributed by atoms with van der Waals surface area (Å²) in [7, 11) is 0. The van der Waals surface area contributed by atoms with Gasteiger partial charge in [-0.15, -0.1) is 11.3 Å². The molecule has 0 saturated heterocycles. The molecule has 1 aliphatic carbocycles. The molecule has 0 bridgehead atoms. The second-order valence-corrected chi connectivity index (χ2v) is 18.3. The van der Waals surface area contributed by atoms with Crippen LogP contribution in [0, 0.1) is 0 Å². The Hall–Kier alpha value is -8.24. The lowest BCUT2D eigenvalue weighted by Crippen LogP contribution is -2.30. The molecule has 10 aromatic carbocycles. The van der Waals surface area contributed by atoms with Crippen molar-refractivity contribution in [1.29, 1.82) is 0 Å². The van der Waals surface area contributed by atoms with E-state index in [1.54, 1.807) is 0 Å². The molecule has 1 spiro atoms. The number of thiophene rings is 1. The molecule has 310 valence electrons. The highest BCUT2D eigenvalue weighted by Crippen LogP contribution is 2.65. The van der Waals surface area contributed by atoms with Crippen molar-refractivity contribution in [3.05, 3.63) is 270 Å². The average molecular weight is 860 g/mol. The maximum absolute atomic E-state index is 7.00. The number of nitrogens with zero attached hydrogens (tertiary/aromatic N) is 1. The van der Waals surface area contributed by atoms with Crippen LogP contribution in [0.25, 0.3) is 65.7 Å². The molecule has 1 aliphatic heterocycles. The Bertz CT molecular complexity index is 3440. The third-order valence-electron chi connectivity index (χ3n) is 13.5. The van der Waals surface area contributed by atoms with E-state index < -0.39 is 5.41 Å². The Morgan fingerprint density at radius 2 is 0.758 bits per heavy atom. The maximum Gasteiger partial charge on any atom is 0.150 e. The van der Waals surface area contributed by atoms with Crippen LogP contribution in [0.5, 0.6) is 11.5 Å². The highest BCUT2D eigenvalue weighted by Gasteiger charge is 2.52. The van der Waals surface area contributed by atoms with E-state index in [1.165, 1.54) is 81.9 Å². The van der Waals surface area contributed by atoms with Gasteiger partial charge in [-0.3, -0.25) is 0 Å². The topological polar surface area (TPSA) is 12.5 Å². The van der Waals surface area contributed by atoms with Crippen LogP contribution in [0.4, 0.5) is 17.1 Å². The molecular formula is C63H41NOS. The predicted molar refractivity (Wildman–Crippen MR) is 276 cm³/mol. The molecule has 3 heteroatoms. The summed E-state index contributed by atoms with van der Waals surface area (Å²) < 4.78 is 8.18. The first-order valence-electron chi connectivity index (χ1n) is 22.6. The summed E-state index contributed by atoms with van der Waals surface area (Å²) in [5.74, 6) is 1.85. The first-order chi connectivity index (χ1) is 32.7. The summed E-state index contributed by atoms with van der Waals surface area (Å²) in [4.78, 5) is 3.61. The number of rotatable bonds is 7. The zero-order valence-electron chi connectivity index (χ0n) is 35.9. The molecule has 0 unspecified atom stereocenters. The SMILES string of the molecule is c1ccc(-c2cccc(-c3ccc(N(c4ccc(-c5cccc(-c6ccccc6)c5)cc4)c4ccc5c6c(sc5c4)C4(c5ccccc5O6)c5ccccc5-c5ccccc54)cc3)c2)cc1. The number of hydrogen-bond donors (Lipinski definition) is 0. The van der Waals surface area contributed by atoms with E-state index in [4.69, 9.17) is 4.74 Å². The summed E-state index contributed by atoms with van der Waals surface area (Å²) in [5.41, 5.74) is 18.7. The van der Waals surface area contributed by atoms with E-state index in [9.17, 15) is 0 Å². The first kappa shape index (κ1) is 38.2. The average Bonchev–Trinajstić information content (AvgIpc) is 3.91. The van der Waals surface area contributed by atoms with Crippen molar-refractivity contribution in [2.45, 2.75) is 5.41 Å². The third kappa shape index (κ3) is 6.09. The van der Waals surface area contributed by atoms with E-state index in [1.807, 2.05) is 11.3 Å². The van der Waals surface area contributed by atoms with Crippen molar-refractivity contribution in [1.82, 2.24) is 0 Å². The predicted octanol–water partition coefficient (Wildman–Crippen LogP) is 17.5. The number of para-hydroxylation sites is 1. The van der Waals surface area contributed by atoms with E-state index in [2.05, 4.69) is 254 Å². The van der Waals surface area contributed by atoms with E-state index >= 15 is 0 Å². The van der Waals surface area contributed by atoms with Crippen LogP contribution >= 0.6 is 11.3 Å². The Morgan fingerprint density at radius 1 is 0.333 bits per heavy atom. The Labute approximate surface area is 388 Å². The molecule has 0 atom stereocenters. The molecular weight excluding hydrogens is 819 g/mol. The number of benzene rings is 10. The molecule has 11 aromatic rings.